The Balaban J connectivity index is 1.26. The zero-order valence-corrected chi connectivity index (χ0v) is 19.9. The van der Waals surface area contributed by atoms with Crippen molar-refractivity contribution in [3.63, 3.8) is 0 Å². The first-order chi connectivity index (χ1) is 16.0. The Bertz CT molecular complexity index is 1250. The Morgan fingerprint density at radius 1 is 1.24 bits per heavy atom. The summed E-state index contributed by atoms with van der Waals surface area (Å²) < 4.78 is 6.45. The number of aromatic nitrogens is 2. The van der Waals surface area contributed by atoms with Crippen LogP contribution in [0.5, 0.6) is 5.75 Å². The lowest BCUT2D eigenvalue weighted by Crippen LogP contribution is -2.33. The lowest BCUT2D eigenvalue weighted by molar-refractivity contribution is -0.122. The molecule has 0 bridgehead atoms. The maximum Gasteiger partial charge on any atom is 0.262 e. The van der Waals surface area contributed by atoms with Crippen LogP contribution < -0.4 is 20.9 Å². The normalized spacial score (nSPS) is 12.9. The SMILES string of the molecule is COc1ccc(NC(=O)CCCNC(=O)Cn2cnc3sc4c(c3c2=O)CCCC4)cc1Cl. The monoisotopic (exact) mass is 488 g/mol. The van der Waals surface area contributed by atoms with Gasteiger partial charge in [0.25, 0.3) is 5.56 Å². The fourth-order valence-electron chi connectivity index (χ4n) is 3.95. The molecule has 0 saturated carbocycles. The summed E-state index contributed by atoms with van der Waals surface area (Å²) in [6.07, 6.45) is 6.25. The molecule has 0 unspecified atom stereocenters. The minimum Gasteiger partial charge on any atom is -0.495 e. The average Bonchev–Trinajstić information content (AvgIpc) is 3.18. The number of anilines is 1. The van der Waals surface area contributed by atoms with Crippen LogP contribution in [-0.2, 0) is 29.0 Å². The number of hydrogen-bond acceptors (Lipinski definition) is 6. The number of ether oxygens (including phenoxy) is 1. The highest BCUT2D eigenvalue weighted by molar-refractivity contribution is 7.18. The number of carbonyl (C=O) groups is 2. The number of carbonyl (C=O) groups excluding carboxylic acids is 2. The molecular weight excluding hydrogens is 464 g/mol. The van der Waals surface area contributed by atoms with Gasteiger partial charge in [0.1, 0.15) is 17.1 Å². The summed E-state index contributed by atoms with van der Waals surface area (Å²) in [5.41, 5.74) is 1.53. The number of nitrogens with zero attached hydrogens (tertiary/aromatic N) is 2. The smallest absolute Gasteiger partial charge is 0.262 e. The molecule has 2 aromatic heterocycles. The second-order valence-electron chi connectivity index (χ2n) is 7.92. The molecule has 10 heteroatoms. The zero-order chi connectivity index (χ0) is 23.4. The van der Waals surface area contributed by atoms with Crippen LogP contribution in [-0.4, -0.2) is 35.0 Å². The number of thiophene rings is 1. The average molecular weight is 489 g/mol. The van der Waals surface area contributed by atoms with Crippen LogP contribution in [0.1, 0.15) is 36.1 Å². The molecule has 1 aromatic carbocycles. The highest BCUT2D eigenvalue weighted by atomic mass is 35.5. The van der Waals surface area contributed by atoms with E-state index in [0.29, 0.717) is 34.8 Å². The molecule has 0 saturated heterocycles. The Hall–Kier alpha value is -2.91. The first-order valence-electron chi connectivity index (χ1n) is 10.9. The van der Waals surface area contributed by atoms with Gasteiger partial charge in [-0.15, -0.1) is 11.3 Å². The third kappa shape index (κ3) is 5.36. The van der Waals surface area contributed by atoms with Gasteiger partial charge in [0.05, 0.1) is 23.8 Å². The molecule has 2 heterocycles. The molecule has 1 aliphatic rings. The van der Waals surface area contributed by atoms with Crippen molar-refractivity contribution >= 4 is 50.7 Å². The number of fused-ring (bicyclic) bond motifs is 3. The van der Waals surface area contributed by atoms with Crippen LogP contribution in [0.4, 0.5) is 5.69 Å². The molecule has 33 heavy (non-hydrogen) atoms. The molecule has 0 fully saturated rings. The summed E-state index contributed by atoms with van der Waals surface area (Å²) in [5, 5.41) is 6.61. The molecule has 1 aliphatic carbocycles. The van der Waals surface area contributed by atoms with Crippen LogP contribution in [0.2, 0.25) is 5.02 Å². The number of aryl methyl sites for hydroxylation is 2. The fraction of sp³-hybridized carbons (Fsp3) is 0.391. The van der Waals surface area contributed by atoms with Crippen molar-refractivity contribution in [3.05, 3.63) is 50.3 Å². The van der Waals surface area contributed by atoms with Gasteiger partial charge in [0.2, 0.25) is 11.8 Å². The summed E-state index contributed by atoms with van der Waals surface area (Å²) in [6.45, 7) is 0.233. The third-order valence-corrected chi connectivity index (χ3v) is 7.09. The van der Waals surface area contributed by atoms with Crippen molar-refractivity contribution in [2.24, 2.45) is 0 Å². The third-order valence-electron chi connectivity index (χ3n) is 5.59. The van der Waals surface area contributed by atoms with E-state index >= 15 is 0 Å². The quantitative estimate of drug-likeness (QED) is 0.472. The van der Waals surface area contributed by atoms with Gasteiger partial charge in [-0.05, 0) is 55.9 Å². The van der Waals surface area contributed by atoms with E-state index in [0.717, 1.165) is 36.1 Å². The van der Waals surface area contributed by atoms with Crippen LogP contribution in [0.3, 0.4) is 0 Å². The maximum absolute atomic E-state index is 12.9. The van der Waals surface area contributed by atoms with Gasteiger partial charge in [-0.25, -0.2) is 4.98 Å². The predicted octanol–water partition coefficient (Wildman–Crippen LogP) is 3.53. The number of rotatable bonds is 8. The molecule has 0 atom stereocenters. The first kappa shape index (κ1) is 23.3. The number of benzene rings is 1. The molecule has 0 aliphatic heterocycles. The molecule has 2 amide bonds. The van der Waals surface area contributed by atoms with E-state index in [4.69, 9.17) is 16.3 Å². The van der Waals surface area contributed by atoms with Crippen LogP contribution in [0.15, 0.2) is 29.3 Å². The van der Waals surface area contributed by atoms with E-state index in [9.17, 15) is 14.4 Å². The zero-order valence-electron chi connectivity index (χ0n) is 18.3. The van der Waals surface area contributed by atoms with E-state index in [1.54, 1.807) is 29.5 Å². The predicted molar refractivity (Wildman–Crippen MR) is 129 cm³/mol. The van der Waals surface area contributed by atoms with E-state index < -0.39 is 0 Å². The molecule has 0 radical (unpaired) electrons. The van der Waals surface area contributed by atoms with E-state index in [2.05, 4.69) is 15.6 Å². The number of hydrogen-bond donors (Lipinski definition) is 2. The maximum atomic E-state index is 12.9. The van der Waals surface area contributed by atoms with Gasteiger partial charge in [-0.3, -0.25) is 19.0 Å². The van der Waals surface area contributed by atoms with Gasteiger partial charge in [-0.2, -0.15) is 0 Å². The van der Waals surface area contributed by atoms with Gasteiger partial charge >= 0.3 is 0 Å². The van der Waals surface area contributed by atoms with Crippen molar-refractivity contribution in [1.29, 1.82) is 0 Å². The Morgan fingerprint density at radius 3 is 2.85 bits per heavy atom. The molecular formula is C23H25ClN4O4S. The molecule has 174 valence electrons. The lowest BCUT2D eigenvalue weighted by atomic mass is 9.97. The highest BCUT2D eigenvalue weighted by Gasteiger charge is 2.20. The van der Waals surface area contributed by atoms with Crippen molar-refractivity contribution in [3.8, 4) is 5.75 Å². The molecule has 4 rings (SSSR count). The minimum absolute atomic E-state index is 0.0943. The Kier molecular flexibility index (Phi) is 7.29. The fourth-order valence-corrected chi connectivity index (χ4v) is 5.43. The first-order valence-corrected chi connectivity index (χ1v) is 12.1. The summed E-state index contributed by atoms with van der Waals surface area (Å²) in [5.74, 6) is 0.0630. The highest BCUT2D eigenvalue weighted by Crippen LogP contribution is 2.33. The van der Waals surface area contributed by atoms with Gasteiger partial charge < -0.3 is 15.4 Å². The van der Waals surface area contributed by atoms with E-state index in [1.165, 1.54) is 22.9 Å². The molecule has 0 spiro atoms. The van der Waals surface area contributed by atoms with Crippen molar-refractivity contribution in [1.82, 2.24) is 14.9 Å². The summed E-state index contributed by atoms with van der Waals surface area (Å²) in [7, 11) is 1.52. The Labute approximate surface area is 199 Å². The molecule has 2 N–H and O–H groups in total. The summed E-state index contributed by atoms with van der Waals surface area (Å²) in [6, 6.07) is 5.00. The van der Waals surface area contributed by atoms with Crippen LogP contribution >= 0.6 is 22.9 Å². The van der Waals surface area contributed by atoms with Gasteiger partial charge in [0, 0.05) is 23.5 Å². The van der Waals surface area contributed by atoms with Crippen molar-refractivity contribution in [2.75, 3.05) is 19.0 Å². The standard InChI is InChI=1S/C23H25ClN4O4S/c1-32-17-9-8-14(11-16(17)24)27-19(29)7-4-10-25-20(30)12-28-13-26-22-21(23(28)31)15-5-2-3-6-18(15)33-22/h8-9,11,13H,2-7,10,12H2,1H3,(H,25,30)(H,27,29). The van der Waals surface area contributed by atoms with E-state index in [1.807, 2.05) is 0 Å². The Morgan fingerprint density at radius 2 is 2.06 bits per heavy atom. The van der Waals surface area contributed by atoms with Gasteiger partial charge in [-0.1, -0.05) is 11.6 Å². The van der Waals surface area contributed by atoms with Gasteiger partial charge in [0.15, 0.2) is 0 Å². The number of methoxy groups -OCH3 is 1. The topological polar surface area (TPSA) is 102 Å². The number of amides is 2. The van der Waals surface area contributed by atoms with Crippen molar-refractivity contribution in [2.45, 2.75) is 45.1 Å². The second-order valence-corrected chi connectivity index (χ2v) is 9.41. The van der Waals surface area contributed by atoms with Crippen molar-refractivity contribution < 1.29 is 14.3 Å². The summed E-state index contributed by atoms with van der Waals surface area (Å²) in [4.78, 5) is 43.8. The minimum atomic E-state index is -0.287. The number of nitrogens with one attached hydrogen (secondary N) is 2. The van der Waals surface area contributed by atoms with E-state index in [-0.39, 0.29) is 30.3 Å². The van der Waals surface area contributed by atoms with Crippen LogP contribution in [0.25, 0.3) is 10.2 Å². The van der Waals surface area contributed by atoms with Crippen LogP contribution in [0, 0.1) is 0 Å². The molecule has 8 nitrogen and oxygen atoms in total. The molecule has 3 aromatic rings. The second kappa shape index (κ2) is 10.4. The lowest BCUT2D eigenvalue weighted by Gasteiger charge is -2.11. The summed E-state index contributed by atoms with van der Waals surface area (Å²) >= 11 is 7.65. The number of halogens is 1. The largest absolute Gasteiger partial charge is 0.495 e.